The average molecular weight is 678 g/mol. The number of fused-ring (bicyclic) bond motifs is 1. The lowest BCUT2D eigenvalue weighted by molar-refractivity contribution is 0.103. The molecule has 0 spiro atoms. The molecule has 0 saturated carbocycles. The Morgan fingerprint density at radius 3 is 2.53 bits per heavy atom. The minimum atomic E-state index is -3.01. The van der Waals surface area contributed by atoms with E-state index < -0.39 is 9.84 Å². The molecule has 11 nitrogen and oxygen atoms in total. The highest BCUT2D eigenvalue weighted by molar-refractivity contribution is 7.90. The number of thiophene rings is 1. The van der Waals surface area contributed by atoms with Crippen LogP contribution < -0.4 is 21.1 Å². The second kappa shape index (κ2) is 14.8. The SMILES string of the molecule is CCN(CCN(C)CCS(C)(=O)=O)c1ccc(Nc2cc(-c3cccc(NC(=O)c4cc5c(s4)CCCC5)c3C)cn(C)c2=O)nn1. The molecule has 0 aliphatic heterocycles. The normalized spacial score (nSPS) is 13.0. The molecule has 0 fully saturated rings. The Labute approximate surface area is 280 Å². The number of carbonyl (C=O) groups is 1. The Hall–Kier alpha value is -4.07. The molecule has 0 saturated heterocycles. The Bertz CT molecular complexity index is 1880. The molecule has 0 radical (unpaired) electrons. The highest BCUT2D eigenvalue weighted by atomic mass is 32.2. The van der Waals surface area contributed by atoms with Gasteiger partial charge in [-0.3, -0.25) is 9.59 Å². The number of hydrogen-bond donors (Lipinski definition) is 2. The van der Waals surface area contributed by atoms with Crippen LogP contribution in [0.4, 0.5) is 23.0 Å². The number of pyridine rings is 1. The van der Waals surface area contributed by atoms with Crippen molar-refractivity contribution in [3.05, 3.63) is 79.9 Å². The van der Waals surface area contributed by atoms with Crippen molar-refractivity contribution < 1.29 is 13.2 Å². The van der Waals surface area contributed by atoms with Gasteiger partial charge in [-0.25, -0.2) is 8.42 Å². The Kier molecular flexibility index (Phi) is 10.8. The molecule has 5 rings (SSSR count). The number of carbonyl (C=O) groups excluding carboxylic acids is 1. The number of sulfone groups is 1. The summed E-state index contributed by atoms with van der Waals surface area (Å²) in [6.07, 6.45) is 7.47. The van der Waals surface area contributed by atoms with Crippen LogP contribution >= 0.6 is 11.3 Å². The van der Waals surface area contributed by atoms with Gasteiger partial charge < -0.3 is 25.0 Å². The van der Waals surface area contributed by atoms with E-state index in [-0.39, 0.29) is 17.2 Å². The van der Waals surface area contributed by atoms with E-state index in [1.807, 2.05) is 56.1 Å². The van der Waals surface area contributed by atoms with Crippen molar-refractivity contribution in [1.82, 2.24) is 19.7 Å². The third kappa shape index (κ3) is 8.65. The zero-order valence-corrected chi connectivity index (χ0v) is 29.3. The van der Waals surface area contributed by atoms with Gasteiger partial charge in [0.1, 0.15) is 15.5 Å². The van der Waals surface area contributed by atoms with Gasteiger partial charge in [-0.2, -0.15) is 0 Å². The van der Waals surface area contributed by atoms with E-state index in [4.69, 9.17) is 0 Å². The third-order valence-corrected chi connectivity index (χ3v) is 10.7. The molecule has 3 aromatic heterocycles. The van der Waals surface area contributed by atoms with Crippen LogP contribution in [0.5, 0.6) is 0 Å². The van der Waals surface area contributed by atoms with E-state index in [1.54, 1.807) is 36.7 Å². The number of nitrogens with zero attached hydrogens (tertiary/aromatic N) is 5. The molecule has 13 heteroatoms. The van der Waals surface area contributed by atoms with Gasteiger partial charge in [0.05, 0.1) is 10.6 Å². The van der Waals surface area contributed by atoms with Gasteiger partial charge in [0, 0.05) is 61.8 Å². The fraction of sp³-hybridized carbons (Fsp3) is 0.412. The van der Waals surface area contributed by atoms with Gasteiger partial charge in [0.15, 0.2) is 11.6 Å². The number of benzene rings is 1. The van der Waals surface area contributed by atoms with E-state index in [0.29, 0.717) is 43.5 Å². The lowest BCUT2D eigenvalue weighted by Crippen LogP contribution is -2.35. The maximum absolute atomic E-state index is 13.2. The molecule has 250 valence electrons. The first-order valence-electron chi connectivity index (χ1n) is 15.9. The van der Waals surface area contributed by atoms with Crippen molar-refractivity contribution >= 4 is 50.1 Å². The van der Waals surface area contributed by atoms with Crippen LogP contribution in [0.25, 0.3) is 11.1 Å². The van der Waals surface area contributed by atoms with Gasteiger partial charge >= 0.3 is 0 Å². The molecule has 1 aliphatic carbocycles. The maximum Gasteiger partial charge on any atom is 0.274 e. The average Bonchev–Trinajstić information content (AvgIpc) is 3.49. The molecular weight excluding hydrogens is 635 g/mol. The largest absolute Gasteiger partial charge is 0.354 e. The van der Waals surface area contributed by atoms with Crippen LogP contribution in [0.1, 0.15) is 45.4 Å². The van der Waals surface area contributed by atoms with E-state index in [9.17, 15) is 18.0 Å². The molecule has 1 amide bonds. The van der Waals surface area contributed by atoms with Gasteiger partial charge in [-0.05, 0) is 93.6 Å². The summed E-state index contributed by atoms with van der Waals surface area (Å²) in [5, 5.41) is 15.0. The Morgan fingerprint density at radius 2 is 1.83 bits per heavy atom. The minimum Gasteiger partial charge on any atom is -0.354 e. The van der Waals surface area contributed by atoms with E-state index in [0.717, 1.165) is 40.1 Å². The molecule has 1 aromatic carbocycles. The summed E-state index contributed by atoms with van der Waals surface area (Å²) in [7, 11) is 0.593. The summed E-state index contributed by atoms with van der Waals surface area (Å²) in [5.74, 6) is 1.14. The summed E-state index contributed by atoms with van der Waals surface area (Å²) in [5.41, 5.74) is 4.78. The molecule has 0 bridgehead atoms. The summed E-state index contributed by atoms with van der Waals surface area (Å²) in [6, 6.07) is 13.3. The quantitative estimate of drug-likeness (QED) is 0.203. The van der Waals surface area contributed by atoms with Crippen LogP contribution in [-0.2, 0) is 29.7 Å². The zero-order chi connectivity index (χ0) is 33.7. The number of aromatic nitrogens is 3. The van der Waals surface area contributed by atoms with Gasteiger partial charge in [-0.1, -0.05) is 12.1 Å². The van der Waals surface area contributed by atoms with Gasteiger partial charge in [-0.15, -0.1) is 21.5 Å². The van der Waals surface area contributed by atoms with Crippen molar-refractivity contribution in [3.8, 4) is 11.1 Å². The van der Waals surface area contributed by atoms with Gasteiger partial charge in [0.2, 0.25) is 0 Å². The van der Waals surface area contributed by atoms with Crippen molar-refractivity contribution in [2.24, 2.45) is 7.05 Å². The number of amides is 1. The van der Waals surface area contributed by atoms with Crippen molar-refractivity contribution in [2.75, 3.05) is 60.8 Å². The first kappa shape index (κ1) is 34.3. The van der Waals surface area contributed by atoms with E-state index in [1.165, 1.54) is 34.1 Å². The topological polar surface area (TPSA) is 130 Å². The highest BCUT2D eigenvalue weighted by Gasteiger charge is 2.19. The Balaban J connectivity index is 1.29. The first-order valence-corrected chi connectivity index (χ1v) is 18.7. The summed E-state index contributed by atoms with van der Waals surface area (Å²) in [6.45, 7) is 6.50. The first-order chi connectivity index (χ1) is 22.4. The predicted molar refractivity (Wildman–Crippen MR) is 191 cm³/mol. The molecule has 3 heterocycles. The summed E-state index contributed by atoms with van der Waals surface area (Å²) >= 11 is 1.59. The minimum absolute atomic E-state index is 0.102. The van der Waals surface area contributed by atoms with Crippen molar-refractivity contribution in [1.29, 1.82) is 0 Å². The van der Waals surface area contributed by atoms with Gasteiger partial charge in [0.25, 0.3) is 11.5 Å². The number of anilines is 4. The second-order valence-electron chi connectivity index (χ2n) is 12.2. The fourth-order valence-corrected chi connectivity index (χ4v) is 7.47. The number of hydrogen-bond acceptors (Lipinski definition) is 10. The standard InChI is InChI=1S/C34H43N7O4S2/c1-6-41(17-16-39(3)18-19-47(5,44)45)32-15-14-31(37-38-32)35-28-20-25(22-40(4)34(28)43)26-11-9-12-27(23(26)2)36-33(42)30-21-24-10-7-8-13-29(24)46-30/h9,11-12,14-15,20-22H,6-8,10,13,16-19H2,1-5H3,(H,35,37)(H,36,42). The fourth-order valence-electron chi connectivity index (χ4n) is 5.68. The summed E-state index contributed by atoms with van der Waals surface area (Å²) in [4.78, 5) is 32.4. The molecular formula is C34H43N7O4S2. The maximum atomic E-state index is 13.2. The molecule has 1 aliphatic rings. The number of nitrogens with one attached hydrogen (secondary N) is 2. The molecule has 2 N–H and O–H groups in total. The second-order valence-corrected chi connectivity index (χ2v) is 15.6. The van der Waals surface area contributed by atoms with Crippen LogP contribution in [0.3, 0.4) is 0 Å². The number of rotatable bonds is 13. The van der Waals surface area contributed by atoms with Crippen LogP contribution in [0, 0.1) is 6.92 Å². The summed E-state index contributed by atoms with van der Waals surface area (Å²) < 4.78 is 24.5. The van der Waals surface area contributed by atoms with Crippen LogP contribution in [0.15, 0.2) is 53.5 Å². The van der Waals surface area contributed by atoms with E-state index in [2.05, 4.69) is 25.7 Å². The van der Waals surface area contributed by atoms with Crippen molar-refractivity contribution in [3.63, 3.8) is 0 Å². The lowest BCUT2D eigenvalue weighted by atomic mass is 9.99. The molecule has 0 atom stereocenters. The molecule has 4 aromatic rings. The number of aryl methyl sites for hydroxylation is 3. The van der Waals surface area contributed by atoms with Crippen molar-refractivity contribution in [2.45, 2.75) is 39.5 Å². The third-order valence-electron chi connectivity index (χ3n) is 8.51. The monoisotopic (exact) mass is 677 g/mol. The molecule has 47 heavy (non-hydrogen) atoms. The van der Waals surface area contributed by atoms with E-state index >= 15 is 0 Å². The Morgan fingerprint density at radius 1 is 1.04 bits per heavy atom. The predicted octanol–water partition coefficient (Wildman–Crippen LogP) is 4.89. The highest BCUT2D eigenvalue weighted by Crippen LogP contribution is 2.32. The zero-order valence-electron chi connectivity index (χ0n) is 27.7. The number of likely N-dealkylation sites (N-methyl/N-ethyl adjacent to an activating group) is 2. The van der Waals surface area contributed by atoms with Crippen LogP contribution in [0.2, 0.25) is 0 Å². The smallest absolute Gasteiger partial charge is 0.274 e. The van der Waals surface area contributed by atoms with Crippen LogP contribution in [-0.4, -0.2) is 79.2 Å². The lowest BCUT2D eigenvalue weighted by Gasteiger charge is -2.25. The molecule has 0 unspecified atom stereocenters.